The number of carboxylic acids is 2. The van der Waals surface area contributed by atoms with Crippen LogP contribution in [-0.2, 0) is 14.3 Å². The Kier molecular flexibility index (Phi) is 8.47. The number of hydrogen-bond acceptors (Lipinski definition) is 7. The lowest BCUT2D eigenvalue weighted by atomic mass is 9.96. The van der Waals surface area contributed by atoms with Crippen LogP contribution in [0.1, 0.15) is 43.3 Å². The monoisotopic (exact) mass is 538 g/mol. The number of carboxylic acid groups (broad SMARTS) is 2. The summed E-state index contributed by atoms with van der Waals surface area (Å²) in [5.74, 6) is -3.14. The SMILES string of the molecule is CC(C)(C)OC(=O)N1CCC(C(=O)Nc2ccc(-c3sc(C(=O)O)c(OCC(=O)O)c3Cl)cc2)CC1. The predicted molar refractivity (Wildman–Crippen MR) is 134 cm³/mol. The fourth-order valence-electron chi connectivity index (χ4n) is 3.59. The molecule has 0 radical (unpaired) electrons. The van der Waals surface area contributed by atoms with E-state index in [1.165, 1.54) is 0 Å². The number of anilines is 1. The van der Waals surface area contributed by atoms with Gasteiger partial charge >= 0.3 is 18.0 Å². The number of aliphatic carboxylic acids is 1. The third-order valence-electron chi connectivity index (χ3n) is 5.28. The molecular weight excluding hydrogens is 512 g/mol. The summed E-state index contributed by atoms with van der Waals surface area (Å²) in [5, 5.41) is 21.1. The van der Waals surface area contributed by atoms with Crippen molar-refractivity contribution >= 4 is 52.6 Å². The smallest absolute Gasteiger partial charge is 0.410 e. The third kappa shape index (κ3) is 6.88. The summed E-state index contributed by atoms with van der Waals surface area (Å²) in [6, 6.07) is 6.67. The van der Waals surface area contributed by atoms with Gasteiger partial charge in [-0.1, -0.05) is 23.7 Å². The molecule has 2 aromatic rings. The van der Waals surface area contributed by atoms with Crippen LogP contribution < -0.4 is 10.1 Å². The van der Waals surface area contributed by atoms with Crippen molar-refractivity contribution in [2.45, 2.75) is 39.2 Å². The zero-order valence-electron chi connectivity index (χ0n) is 20.0. The molecule has 0 atom stereocenters. The summed E-state index contributed by atoms with van der Waals surface area (Å²) < 4.78 is 10.5. The van der Waals surface area contributed by atoms with Crippen molar-refractivity contribution in [3.63, 3.8) is 0 Å². The van der Waals surface area contributed by atoms with Gasteiger partial charge in [-0.05, 0) is 51.3 Å². The van der Waals surface area contributed by atoms with Crippen molar-refractivity contribution in [3.8, 4) is 16.2 Å². The van der Waals surface area contributed by atoms with E-state index in [9.17, 15) is 24.3 Å². The molecule has 0 saturated carbocycles. The lowest BCUT2D eigenvalue weighted by Crippen LogP contribution is -2.43. The van der Waals surface area contributed by atoms with Crippen molar-refractivity contribution in [2.24, 2.45) is 5.92 Å². The van der Waals surface area contributed by atoms with Crippen LogP contribution >= 0.6 is 22.9 Å². The quantitative estimate of drug-likeness (QED) is 0.455. The first-order chi connectivity index (χ1) is 16.9. The number of rotatable bonds is 7. The Bertz CT molecular complexity index is 1150. The van der Waals surface area contributed by atoms with E-state index in [-0.39, 0.29) is 33.6 Å². The first-order valence-electron chi connectivity index (χ1n) is 11.1. The lowest BCUT2D eigenvalue weighted by molar-refractivity contribution is -0.139. The minimum Gasteiger partial charge on any atom is -0.479 e. The predicted octanol–water partition coefficient (Wildman–Crippen LogP) is 4.82. The highest BCUT2D eigenvalue weighted by atomic mass is 35.5. The Hall–Kier alpha value is -3.31. The van der Waals surface area contributed by atoms with E-state index in [2.05, 4.69) is 5.32 Å². The summed E-state index contributed by atoms with van der Waals surface area (Å²) in [4.78, 5) is 49.1. The Balaban J connectivity index is 1.63. The minimum absolute atomic E-state index is 0.00665. The number of likely N-dealkylation sites (tertiary alicyclic amines) is 1. The maximum Gasteiger partial charge on any atom is 0.410 e. The van der Waals surface area contributed by atoms with E-state index in [1.807, 2.05) is 0 Å². The number of ether oxygens (including phenoxy) is 2. The van der Waals surface area contributed by atoms with Gasteiger partial charge in [0.2, 0.25) is 5.91 Å². The summed E-state index contributed by atoms with van der Waals surface area (Å²) in [6.45, 7) is 5.56. The van der Waals surface area contributed by atoms with Crippen LogP contribution in [0.15, 0.2) is 24.3 Å². The largest absolute Gasteiger partial charge is 0.479 e. The molecule has 0 spiro atoms. The fraction of sp³-hybridized carbons (Fsp3) is 0.417. The number of carbonyl (C=O) groups is 4. The van der Waals surface area contributed by atoms with Crippen LogP contribution in [0.3, 0.4) is 0 Å². The normalized spacial score (nSPS) is 14.3. The molecule has 1 saturated heterocycles. The highest BCUT2D eigenvalue weighted by molar-refractivity contribution is 7.18. The molecule has 3 rings (SSSR count). The standard InChI is InChI=1S/C24H27ClN2O8S/c1-24(2,3)35-23(33)27-10-8-14(9-11-27)21(30)26-15-6-4-13(5-7-15)19-17(25)18(34-12-16(28)29)20(36-19)22(31)32/h4-7,14H,8-12H2,1-3H3,(H,26,30)(H,28,29)(H,31,32). The number of halogens is 1. The average Bonchev–Trinajstić information content (AvgIpc) is 3.13. The molecule has 0 bridgehead atoms. The number of amides is 2. The number of nitrogens with one attached hydrogen (secondary N) is 1. The van der Waals surface area contributed by atoms with Gasteiger partial charge < -0.3 is 29.9 Å². The molecule has 1 fully saturated rings. The van der Waals surface area contributed by atoms with Gasteiger partial charge in [-0.15, -0.1) is 11.3 Å². The highest BCUT2D eigenvalue weighted by Crippen LogP contribution is 2.45. The first-order valence-corrected chi connectivity index (χ1v) is 12.3. The Morgan fingerprint density at radius 2 is 1.72 bits per heavy atom. The number of thiophene rings is 1. The Labute approximate surface area is 216 Å². The van der Waals surface area contributed by atoms with Crippen molar-refractivity contribution in [1.82, 2.24) is 4.90 Å². The summed E-state index contributed by atoms with van der Waals surface area (Å²) in [5.41, 5.74) is 0.556. The minimum atomic E-state index is -1.28. The Morgan fingerprint density at radius 3 is 2.25 bits per heavy atom. The van der Waals surface area contributed by atoms with Crippen LogP contribution in [-0.4, -0.2) is 64.3 Å². The van der Waals surface area contributed by atoms with Crippen molar-refractivity contribution in [3.05, 3.63) is 34.2 Å². The summed E-state index contributed by atoms with van der Waals surface area (Å²) in [7, 11) is 0. The number of hydrogen-bond donors (Lipinski definition) is 3. The fourth-order valence-corrected chi connectivity index (χ4v) is 5.00. The zero-order valence-corrected chi connectivity index (χ0v) is 21.6. The van der Waals surface area contributed by atoms with Gasteiger partial charge in [0.15, 0.2) is 17.2 Å². The molecule has 3 N–H and O–H groups in total. The Morgan fingerprint density at radius 1 is 1.11 bits per heavy atom. The van der Waals surface area contributed by atoms with Gasteiger partial charge in [-0.2, -0.15) is 0 Å². The van der Waals surface area contributed by atoms with Crippen LogP contribution in [0.5, 0.6) is 5.75 Å². The van der Waals surface area contributed by atoms with Gasteiger partial charge in [-0.3, -0.25) is 4.79 Å². The second kappa shape index (κ2) is 11.2. The van der Waals surface area contributed by atoms with E-state index in [1.54, 1.807) is 49.9 Å². The van der Waals surface area contributed by atoms with Gasteiger partial charge in [0.05, 0.1) is 4.88 Å². The lowest BCUT2D eigenvalue weighted by Gasteiger charge is -2.32. The molecule has 1 aromatic heterocycles. The maximum atomic E-state index is 12.7. The summed E-state index contributed by atoms with van der Waals surface area (Å²) >= 11 is 7.18. The van der Waals surface area contributed by atoms with Crippen molar-refractivity contribution in [2.75, 3.05) is 25.0 Å². The van der Waals surface area contributed by atoms with Gasteiger partial charge in [0.25, 0.3) is 0 Å². The second-order valence-corrected chi connectivity index (χ2v) is 10.6. The van der Waals surface area contributed by atoms with Crippen LogP contribution in [0.25, 0.3) is 10.4 Å². The number of benzene rings is 1. The van der Waals surface area contributed by atoms with Gasteiger partial charge in [0.1, 0.15) is 10.6 Å². The molecule has 10 nitrogen and oxygen atoms in total. The molecular formula is C24H27ClN2O8S. The van der Waals surface area contributed by atoms with E-state index in [4.69, 9.17) is 26.2 Å². The van der Waals surface area contributed by atoms with Gasteiger partial charge in [-0.25, -0.2) is 14.4 Å². The number of aromatic carboxylic acids is 1. The number of piperidine rings is 1. The topological polar surface area (TPSA) is 142 Å². The first kappa shape index (κ1) is 27.3. The molecule has 2 amide bonds. The highest BCUT2D eigenvalue weighted by Gasteiger charge is 2.30. The number of nitrogens with zero attached hydrogens (tertiary/aromatic N) is 1. The molecule has 0 unspecified atom stereocenters. The maximum absolute atomic E-state index is 12.7. The molecule has 36 heavy (non-hydrogen) atoms. The van der Waals surface area contributed by atoms with E-state index >= 15 is 0 Å². The van der Waals surface area contributed by atoms with E-state index in [0.29, 0.717) is 42.1 Å². The van der Waals surface area contributed by atoms with Crippen LogP contribution in [0.2, 0.25) is 5.02 Å². The molecule has 1 aliphatic rings. The van der Waals surface area contributed by atoms with E-state index < -0.39 is 24.1 Å². The molecule has 12 heteroatoms. The zero-order chi connectivity index (χ0) is 26.6. The van der Waals surface area contributed by atoms with Crippen LogP contribution in [0.4, 0.5) is 10.5 Å². The molecule has 1 aromatic carbocycles. The van der Waals surface area contributed by atoms with Crippen molar-refractivity contribution < 1.29 is 38.9 Å². The molecule has 2 heterocycles. The number of carbonyl (C=O) groups excluding carboxylic acids is 2. The van der Waals surface area contributed by atoms with Crippen molar-refractivity contribution in [1.29, 1.82) is 0 Å². The third-order valence-corrected chi connectivity index (χ3v) is 6.96. The molecule has 0 aliphatic carbocycles. The van der Waals surface area contributed by atoms with Gasteiger partial charge in [0, 0.05) is 24.7 Å². The van der Waals surface area contributed by atoms with Crippen LogP contribution in [0, 0.1) is 5.92 Å². The van der Waals surface area contributed by atoms with E-state index in [0.717, 1.165) is 11.3 Å². The molecule has 1 aliphatic heterocycles. The summed E-state index contributed by atoms with van der Waals surface area (Å²) in [6.07, 6.45) is 0.655. The second-order valence-electron chi connectivity index (χ2n) is 9.20. The molecule has 194 valence electrons. The average molecular weight is 539 g/mol.